The highest BCUT2D eigenvalue weighted by Gasteiger charge is 2.29. The van der Waals surface area contributed by atoms with E-state index in [2.05, 4.69) is 0 Å². The van der Waals surface area contributed by atoms with Crippen molar-refractivity contribution in [2.75, 3.05) is 10.8 Å². The zero-order valence-electron chi connectivity index (χ0n) is 21.6. The summed E-state index contributed by atoms with van der Waals surface area (Å²) in [5.41, 5.74) is 3.22. The molecule has 5 aromatic carbocycles. The minimum atomic E-state index is -4.00. The standard InChI is InChI=1S/C32H26Cl2N2O3S/c1-21-9-13-26(14-10-21)40(38,39)36(32-8-4-6-22-5-2-3-7-27(22)32)20-25(37)19-35-30-15-11-23(33)17-28(30)29-18-24(34)12-16-31(29)35/h2-18,25,37H,19-20H2,1H3. The van der Waals surface area contributed by atoms with Crippen molar-refractivity contribution in [2.45, 2.75) is 24.5 Å². The van der Waals surface area contributed by atoms with Crippen molar-refractivity contribution in [3.8, 4) is 0 Å². The lowest BCUT2D eigenvalue weighted by molar-refractivity contribution is 0.166. The van der Waals surface area contributed by atoms with Gasteiger partial charge in [-0.2, -0.15) is 0 Å². The molecule has 0 amide bonds. The Balaban J connectivity index is 1.45. The van der Waals surface area contributed by atoms with Crippen LogP contribution in [-0.2, 0) is 16.6 Å². The van der Waals surface area contributed by atoms with Gasteiger partial charge < -0.3 is 9.67 Å². The molecule has 1 heterocycles. The molecule has 1 atom stereocenters. The predicted octanol–water partition coefficient (Wildman–Crippen LogP) is 7.82. The maximum atomic E-state index is 14.1. The van der Waals surface area contributed by atoms with E-state index in [4.69, 9.17) is 23.2 Å². The molecule has 0 radical (unpaired) electrons. The first kappa shape index (κ1) is 26.7. The smallest absolute Gasteiger partial charge is 0.264 e. The highest BCUT2D eigenvalue weighted by molar-refractivity contribution is 7.92. The van der Waals surface area contributed by atoms with E-state index in [0.29, 0.717) is 15.7 Å². The number of hydrogen-bond donors (Lipinski definition) is 1. The van der Waals surface area contributed by atoms with Crippen molar-refractivity contribution < 1.29 is 13.5 Å². The molecule has 0 aliphatic rings. The Morgan fingerprint density at radius 3 is 2.02 bits per heavy atom. The molecule has 6 rings (SSSR count). The summed E-state index contributed by atoms with van der Waals surface area (Å²) in [6.07, 6.45) is -1.04. The van der Waals surface area contributed by atoms with Gasteiger partial charge in [0.25, 0.3) is 10.0 Å². The van der Waals surface area contributed by atoms with Gasteiger partial charge in [-0.1, -0.05) is 77.3 Å². The van der Waals surface area contributed by atoms with E-state index in [1.54, 1.807) is 42.5 Å². The van der Waals surface area contributed by atoms with Crippen LogP contribution in [0.1, 0.15) is 5.56 Å². The normalized spacial score (nSPS) is 12.8. The molecule has 6 aromatic rings. The third-order valence-electron chi connectivity index (χ3n) is 7.20. The van der Waals surface area contributed by atoms with E-state index in [0.717, 1.165) is 38.1 Å². The molecule has 5 nitrogen and oxygen atoms in total. The number of benzene rings is 5. The zero-order valence-corrected chi connectivity index (χ0v) is 24.0. The van der Waals surface area contributed by atoms with E-state index in [-0.39, 0.29) is 18.0 Å². The number of anilines is 1. The Labute approximate surface area is 242 Å². The highest BCUT2D eigenvalue weighted by atomic mass is 35.5. The summed E-state index contributed by atoms with van der Waals surface area (Å²) in [5, 5.41) is 16.2. The predicted molar refractivity (Wildman–Crippen MR) is 165 cm³/mol. The van der Waals surface area contributed by atoms with Crippen LogP contribution in [-0.4, -0.2) is 30.7 Å². The fraction of sp³-hybridized carbons (Fsp3) is 0.125. The second kappa shape index (κ2) is 10.5. The number of rotatable bonds is 7. The second-order valence-electron chi connectivity index (χ2n) is 9.93. The summed E-state index contributed by atoms with van der Waals surface area (Å²) < 4.78 is 31.5. The van der Waals surface area contributed by atoms with Crippen molar-refractivity contribution in [1.29, 1.82) is 0 Å². The summed E-state index contributed by atoms with van der Waals surface area (Å²) in [5.74, 6) is 0. The number of aryl methyl sites for hydroxylation is 1. The number of aromatic nitrogens is 1. The van der Waals surface area contributed by atoms with Gasteiger partial charge in [0.05, 0.1) is 29.8 Å². The average molecular weight is 590 g/mol. The molecular weight excluding hydrogens is 563 g/mol. The first-order valence-corrected chi connectivity index (χ1v) is 15.0. The number of aliphatic hydroxyl groups is 1. The molecule has 0 bridgehead atoms. The van der Waals surface area contributed by atoms with Gasteiger partial charge in [-0.15, -0.1) is 0 Å². The van der Waals surface area contributed by atoms with Gasteiger partial charge in [0.1, 0.15) is 0 Å². The third-order valence-corrected chi connectivity index (χ3v) is 9.47. The van der Waals surface area contributed by atoms with E-state index >= 15 is 0 Å². The van der Waals surface area contributed by atoms with Crippen LogP contribution < -0.4 is 4.31 Å². The third kappa shape index (κ3) is 4.82. The van der Waals surface area contributed by atoms with E-state index in [1.807, 2.05) is 72.2 Å². The minimum Gasteiger partial charge on any atom is -0.389 e. The summed E-state index contributed by atoms with van der Waals surface area (Å²) >= 11 is 12.6. The lowest BCUT2D eigenvalue weighted by atomic mass is 10.1. The van der Waals surface area contributed by atoms with Crippen LogP contribution in [0, 0.1) is 6.92 Å². The second-order valence-corrected chi connectivity index (χ2v) is 12.7. The Morgan fingerprint density at radius 1 is 0.775 bits per heavy atom. The molecule has 40 heavy (non-hydrogen) atoms. The Kier molecular flexibility index (Phi) is 6.97. The van der Waals surface area contributed by atoms with Gasteiger partial charge in [0.2, 0.25) is 0 Å². The van der Waals surface area contributed by atoms with Gasteiger partial charge in [-0.3, -0.25) is 4.31 Å². The Morgan fingerprint density at radius 2 is 1.38 bits per heavy atom. The summed E-state index contributed by atoms with van der Waals surface area (Å²) in [6.45, 7) is 1.93. The lowest BCUT2D eigenvalue weighted by Gasteiger charge is -2.28. The minimum absolute atomic E-state index is 0.146. The van der Waals surface area contributed by atoms with Crippen LogP contribution in [0.15, 0.2) is 108 Å². The fourth-order valence-electron chi connectivity index (χ4n) is 5.29. The van der Waals surface area contributed by atoms with Crippen LogP contribution in [0.5, 0.6) is 0 Å². The molecule has 8 heteroatoms. The first-order valence-electron chi connectivity index (χ1n) is 12.8. The van der Waals surface area contributed by atoms with Gasteiger partial charge in [-0.05, 0) is 66.9 Å². The lowest BCUT2D eigenvalue weighted by Crippen LogP contribution is -2.39. The summed E-state index contributed by atoms with van der Waals surface area (Å²) in [6, 6.07) is 31.1. The Hall–Kier alpha value is -3.55. The highest BCUT2D eigenvalue weighted by Crippen LogP contribution is 2.35. The number of fused-ring (bicyclic) bond motifs is 4. The first-order chi connectivity index (χ1) is 19.2. The maximum absolute atomic E-state index is 14.1. The maximum Gasteiger partial charge on any atom is 0.264 e. The molecule has 0 saturated heterocycles. The Bertz CT molecular complexity index is 1920. The molecule has 0 aliphatic carbocycles. The molecule has 1 aromatic heterocycles. The number of nitrogens with zero attached hydrogens (tertiary/aromatic N) is 2. The van der Waals surface area contributed by atoms with Crippen LogP contribution in [0.25, 0.3) is 32.6 Å². The van der Waals surface area contributed by atoms with Gasteiger partial charge in [-0.25, -0.2) is 8.42 Å². The van der Waals surface area contributed by atoms with E-state index in [1.165, 1.54) is 4.31 Å². The van der Waals surface area contributed by atoms with Crippen LogP contribution in [0.4, 0.5) is 5.69 Å². The van der Waals surface area contributed by atoms with E-state index < -0.39 is 16.1 Å². The van der Waals surface area contributed by atoms with Crippen LogP contribution >= 0.6 is 23.2 Å². The number of sulfonamides is 1. The molecule has 202 valence electrons. The van der Waals surface area contributed by atoms with Gasteiger partial charge in [0.15, 0.2) is 0 Å². The summed E-state index contributed by atoms with van der Waals surface area (Å²) in [4.78, 5) is 0.166. The van der Waals surface area contributed by atoms with Crippen LogP contribution in [0.2, 0.25) is 10.0 Å². The molecule has 0 fully saturated rings. The number of halogens is 2. The molecule has 1 unspecified atom stereocenters. The SMILES string of the molecule is Cc1ccc(S(=O)(=O)N(CC(O)Cn2c3ccc(Cl)cc3c3cc(Cl)ccc32)c2cccc3ccccc23)cc1. The number of hydrogen-bond acceptors (Lipinski definition) is 3. The molecule has 1 N–H and O–H groups in total. The van der Waals surface area contributed by atoms with Crippen molar-refractivity contribution in [2.24, 2.45) is 0 Å². The van der Waals surface area contributed by atoms with Crippen molar-refractivity contribution in [3.63, 3.8) is 0 Å². The van der Waals surface area contributed by atoms with Gasteiger partial charge in [0, 0.05) is 37.2 Å². The monoisotopic (exact) mass is 588 g/mol. The fourth-order valence-corrected chi connectivity index (χ4v) is 7.16. The van der Waals surface area contributed by atoms with E-state index in [9.17, 15) is 13.5 Å². The zero-order chi connectivity index (χ0) is 28.0. The average Bonchev–Trinajstić information content (AvgIpc) is 3.23. The topological polar surface area (TPSA) is 62.5 Å². The molecule has 0 saturated carbocycles. The van der Waals surface area contributed by atoms with Crippen LogP contribution in [0.3, 0.4) is 0 Å². The van der Waals surface area contributed by atoms with Crippen molar-refractivity contribution in [3.05, 3.63) is 119 Å². The molecular formula is C32H26Cl2N2O3S. The van der Waals surface area contributed by atoms with Gasteiger partial charge >= 0.3 is 0 Å². The molecule has 0 aliphatic heterocycles. The van der Waals surface area contributed by atoms with Crippen molar-refractivity contribution in [1.82, 2.24) is 4.57 Å². The molecule has 0 spiro atoms. The quantitative estimate of drug-likeness (QED) is 0.207. The van der Waals surface area contributed by atoms with Crippen molar-refractivity contribution >= 4 is 71.5 Å². The summed E-state index contributed by atoms with van der Waals surface area (Å²) in [7, 11) is -4.00. The number of aliphatic hydroxyl groups excluding tert-OH is 1. The largest absolute Gasteiger partial charge is 0.389 e.